The molecule has 0 amide bonds. The molecule has 0 fully saturated rings. The highest BCUT2D eigenvalue weighted by molar-refractivity contribution is 6.73. The van der Waals surface area contributed by atoms with Crippen molar-refractivity contribution >= 4 is 19.0 Å². The average molecular weight is 148 g/mol. The van der Waals surface area contributed by atoms with Gasteiger partial charge in [-0.1, -0.05) is 5.70 Å². The summed E-state index contributed by atoms with van der Waals surface area (Å²) in [6.45, 7) is 5.57. The molecule has 0 aromatic carbocycles. The summed E-state index contributed by atoms with van der Waals surface area (Å²) in [6.07, 6.45) is 0. The lowest BCUT2D eigenvalue weighted by atomic mass is 11.3. The van der Waals surface area contributed by atoms with Gasteiger partial charge < -0.3 is 8.54 Å². The Balaban J connectivity index is 3.76. The zero-order valence-corrected chi connectivity index (χ0v) is 8.60. The lowest BCUT2D eigenvalue weighted by molar-refractivity contribution is 0.331. The van der Waals surface area contributed by atoms with E-state index in [9.17, 15) is 0 Å². The van der Waals surface area contributed by atoms with Crippen LogP contribution in [0.3, 0.4) is 0 Å². The third-order valence-corrected chi connectivity index (χ3v) is 5.98. The summed E-state index contributed by atoms with van der Waals surface area (Å²) < 4.78 is 10.2. The molecule has 0 rings (SSSR count). The summed E-state index contributed by atoms with van der Waals surface area (Å²) in [4.78, 5) is 0. The van der Waals surface area contributed by atoms with Crippen LogP contribution in [0.5, 0.6) is 0 Å². The summed E-state index contributed by atoms with van der Waals surface area (Å²) in [5.74, 6) is 0. The lowest BCUT2D eigenvalue weighted by Crippen LogP contribution is -2.33. The first-order chi connectivity index (χ1) is 3.68. The van der Waals surface area contributed by atoms with Crippen LogP contribution in [0, 0.1) is 0 Å². The van der Waals surface area contributed by atoms with Crippen molar-refractivity contribution < 1.29 is 8.54 Å². The fourth-order valence-corrected chi connectivity index (χ4v) is 1.75. The van der Waals surface area contributed by atoms with E-state index in [4.69, 9.17) is 8.54 Å². The van der Waals surface area contributed by atoms with Gasteiger partial charge in [-0.05, 0) is 6.55 Å². The monoisotopic (exact) mass is 148 g/mol. The SMILES string of the molecule is C=C[Si](C)(OC)O[SiH3]. The molecule has 0 saturated carbocycles. The van der Waals surface area contributed by atoms with Gasteiger partial charge >= 0.3 is 8.56 Å². The summed E-state index contributed by atoms with van der Waals surface area (Å²) in [7, 11) is 0.544. The van der Waals surface area contributed by atoms with Crippen molar-refractivity contribution in [2.24, 2.45) is 0 Å². The van der Waals surface area contributed by atoms with E-state index in [0.29, 0.717) is 0 Å². The summed E-state index contributed by atoms with van der Waals surface area (Å²) >= 11 is 0. The molecule has 1 unspecified atom stereocenters. The Labute approximate surface area is 54.3 Å². The predicted octanol–water partition coefficient (Wildman–Crippen LogP) is -0.273. The third kappa shape index (κ3) is 1.91. The van der Waals surface area contributed by atoms with E-state index >= 15 is 0 Å². The van der Waals surface area contributed by atoms with Crippen molar-refractivity contribution in [1.82, 2.24) is 0 Å². The molecule has 0 N–H and O–H groups in total. The van der Waals surface area contributed by atoms with E-state index in [1.165, 1.54) is 0 Å². The highest BCUT2D eigenvalue weighted by Gasteiger charge is 2.21. The summed E-state index contributed by atoms with van der Waals surface area (Å²) in [5, 5.41) is 0. The van der Waals surface area contributed by atoms with Crippen molar-refractivity contribution in [3.8, 4) is 0 Å². The molecular weight excluding hydrogens is 136 g/mol. The Morgan fingerprint density at radius 1 is 1.75 bits per heavy atom. The Bertz CT molecular complexity index is 80.1. The van der Waals surface area contributed by atoms with Crippen LogP contribution >= 0.6 is 0 Å². The van der Waals surface area contributed by atoms with Gasteiger partial charge in [0.25, 0.3) is 0 Å². The smallest absolute Gasteiger partial charge is 0.350 e. The van der Waals surface area contributed by atoms with Crippen LogP contribution in [0.25, 0.3) is 0 Å². The quantitative estimate of drug-likeness (QED) is 0.513. The summed E-state index contributed by atoms with van der Waals surface area (Å²) in [5.41, 5.74) is 1.78. The minimum absolute atomic E-state index is 0.732. The minimum atomic E-state index is -1.85. The molecular formula is C4H12O2Si2. The topological polar surface area (TPSA) is 18.5 Å². The average Bonchev–Trinajstić information content (AvgIpc) is 1.87. The van der Waals surface area contributed by atoms with Crippen LogP contribution in [0.1, 0.15) is 0 Å². The van der Waals surface area contributed by atoms with Crippen molar-refractivity contribution in [1.29, 1.82) is 0 Å². The molecule has 0 aromatic heterocycles. The van der Waals surface area contributed by atoms with Crippen molar-refractivity contribution in [2.45, 2.75) is 6.55 Å². The maximum atomic E-state index is 5.17. The Morgan fingerprint density at radius 2 is 2.25 bits per heavy atom. The fraction of sp³-hybridized carbons (Fsp3) is 0.500. The molecule has 0 radical (unpaired) electrons. The highest BCUT2D eigenvalue weighted by atomic mass is 28.4. The van der Waals surface area contributed by atoms with Crippen LogP contribution in [0.15, 0.2) is 12.3 Å². The van der Waals surface area contributed by atoms with Gasteiger partial charge in [-0.25, -0.2) is 0 Å². The second-order valence-electron chi connectivity index (χ2n) is 1.63. The minimum Gasteiger partial charge on any atom is -0.442 e. The Hall–Kier alpha value is 0.0938. The fourth-order valence-electron chi connectivity index (χ4n) is 0.250. The standard InChI is InChI=1S/C4H12O2Si2/c1-4-8(3,5-2)6-7/h4H,1H2,2-3,7H3. The molecule has 4 heteroatoms. The lowest BCUT2D eigenvalue weighted by Gasteiger charge is -2.17. The van der Waals surface area contributed by atoms with Gasteiger partial charge in [0.05, 0.1) is 0 Å². The number of hydrogen-bond donors (Lipinski definition) is 0. The highest BCUT2D eigenvalue weighted by Crippen LogP contribution is 2.02. The number of rotatable bonds is 3. The number of hydrogen-bond acceptors (Lipinski definition) is 2. The molecule has 0 aliphatic heterocycles. The van der Waals surface area contributed by atoms with E-state index in [-0.39, 0.29) is 0 Å². The van der Waals surface area contributed by atoms with Crippen molar-refractivity contribution in [2.75, 3.05) is 7.11 Å². The van der Waals surface area contributed by atoms with Gasteiger partial charge in [-0.2, -0.15) is 0 Å². The second-order valence-corrected chi connectivity index (χ2v) is 6.11. The maximum Gasteiger partial charge on any atom is 0.350 e. The van der Waals surface area contributed by atoms with Gasteiger partial charge in [0.15, 0.2) is 0 Å². The van der Waals surface area contributed by atoms with Gasteiger partial charge in [0.2, 0.25) is 0 Å². The molecule has 0 aromatic rings. The molecule has 0 heterocycles. The van der Waals surface area contributed by atoms with E-state index < -0.39 is 8.56 Å². The second kappa shape index (κ2) is 3.19. The van der Waals surface area contributed by atoms with Gasteiger partial charge in [-0.3, -0.25) is 0 Å². The molecule has 2 nitrogen and oxygen atoms in total. The molecule has 0 aliphatic rings. The molecule has 8 heavy (non-hydrogen) atoms. The van der Waals surface area contributed by atoms with Crippen LogP contribution in [-0.2, 0) is 8.54 Å². The van der Waals surface area contributed by atoms with Gasteiger partial charge in [0, 0.05) is 7.11 Å². The molecule has 0 aliphatic carbocycles. The summed E-state index contributed by atoms with van der Waals surface area (Å²) in [6, 6.07) is 0. The Morgan fingerprint density at radius 3 is 2.25 bits per heavy atom. The zero-order valence-electron chi connectivity index (χ0n) is 5.60. The first kappa shape index (κ1) is 8.09. The van der Waals surface area contributed by atoms with Crippen LogP contribution in [0.2, 0.25) is 6.55 Å². The van der Waals surface area contributed by atoms with Crippen LogP contribution in [-0.4, -0.2) is 26.2 Å². The van der Waals surface area contributed by atoms with E-state index in [2.05, 4.69) is 6.58 Å². The largest absolute Gasteiger partial charge is 0.442 e. The van der Waals surface area contributed by atoms with E-state index in [1.54, 1.807) is 12.8 Å². The third-order valence-electron chi connectivity index (χ3n) is 1.18. The van der Waals surface area contributed by atoms with Crippen molar-refractivity contribution in [3.05, 3.63) is 12.3 Å². The molecule has 1 atom stereocenters. The van der Waals surface area contributed by atoms with Gasteiger partial charge in [0.1, 0.15) is 10.5 Å². The maximum absolute atomic E-state index is 5.17. The van der Waals surface area contributed by atoms with Crippen LogP contribution < -0.4 is 0 Å². The first-order valence-corrected chi connectivity index (χ1v) is 5.63. The molecule has 0 saturated heterocycles. The molecule has 48 valence electrons. The van der Waals surface area contributed by atoms with Crippen LogP contribution in [0.4, 0.5) is 0 Å². The van der Waals surface area contributed by atoms with E-state index in [0.717, 1.165) is 10.5 Å². The predicted molar refractivity (Wildman–Crippen MR) is 39.8 cm³/mol. The zero-order chi connectivity index (χ0) is 6.62. The first-order valence-electron chi connectivity index (χ1n) is 2.42. The molecule has 0 bridgehead atoms. The Kier molecular flexibility index (Phi) is 3.22. The normalized spacial score (nSPS) is 17.8. The van der Waals surface area contributed by atoms with Gasteiger partial charge in [-0.15, -0.1) is 6.58 Å². The van der Waals surface area contributed by atoms with E-state index in [1.807, 2.05) is 6.55 Å². The van der Waals surface area contributed by atoms with Crippen molar-refractivity contribution in [3.63, 3.8) is 0 Å². The molecule has 0 spiro atoms.